The molecule has 37 heavy (non-hydrogen) atoms. The standard InChI is InChI=1S/C24H28F3IN2O7/c1-3-4-5-20(33)30(13-24(25,26)27)17-10-15(23(35)29-6-7-31)11-18(21(17)34)37-22-16(28)8-14(12-32)9-19(22)36-2/h4-5,8-9,11-12,17-18,21,31,34H,3,6-7,10,13H2,1-2H3,(H,29,35). The Hall–Kier alpha value is -2.65. The Balaban J connectivity index is 2.56. The molecule has 0 aromatic heterocycles. The van der Waals surface area contributed by atoms with Gasteiger partial charge in [-0.1, -0.05) is 13.0 Å². The van der Waals surface area contributed by atoms with Gasteiger partial charge in [0.1, 0.15) is 25.0 Å². The van der Waals surface area contributed by atoms with Crippen LogP contribution in [0.2, 0.25) is 0 Å². The number of hydrogen-bond acceptors (Lipinski definition) is 7. The van der Waals surface area contributed by atoms with Crippen LogP contribution in [-0.4, -0.2) is 84.4 Å². The van der Waals surface area contributed by atoms with Crippen molar-refractivity contribution >= 4 is 40.7 Å². The number of carbonyl (C=O) groups is 3. The van der Waals surface area contributed by atoms with Crippen molar-refractivity contribution in [3.8, 4) is 11.5 Å². The van der Waals surface area contributed by atoms with Gasteiger partial charge in [0.25, 0.3) is 0 Å². The molecule has 0 aliphatic heterocycles. The summed E-state index contributed by atoms with van der Waals surface area (Å²) in [5.41, 5.74) is 0.242. The van der Waals surface area contributed by atoms with Gasteiger partial charge in [0.2, 0.25) is 11.8 Å². The molecule has 0 heterocycles. The molecule has 2 rings (SSSR count). The Morgan fingerprint density at radius 1 is 1.32 bits per heavy atom. The van der Waals surface area contributed by atoms with Gasteiger partial charge in [-0.3, -0.25) is 14.4 Å². The predicted octanol–water partition coefficient (Wildman–Crippen LogP) is 2.38. The maximum Gasteiger partial charge on any atom is 0.406 e. The maximum absolute atomic E-state index is 13.5. The van der Waals surface area contributed by atoms with Crippen LogP contribution in [0.1, 0.15) is 30.1 Å². The summed E-state index contributed by atoms with van der Waals surface area (Å²) < 4.78 is 52.0. The number of aliphatic hydroxyl groups excluding tert-OH is 2. The third-order valence-corrected chi connectivity index (χ3v) is 6.19. The first kappa shape index (κ1) is 30.6. The second-order valence-electron chi connectivity index (χ2n) is 8.06. The Morgan fingerprint density at radius 3 is 2.59 bits per heavy atom. The van der Waals surface area contributed by atoms with E-state index in [1.165, 1.54) is 31.4 Å². The van der Waals surface area contributed by atoms with Crippen molar-refractivity contribution < 1.29 is 47.2 Å². The van der Waals surface area contributed by atoms with Crippen LogP contribution >= 0.6 is 22.6 Å². The number of rotatable bonds is 11. The van der Waals surface area contributed by atoms with E-state index in [1.54, 1.807) is 6.92 Å². The molecule has 9 nitrogen and oxygen atoms in total. The van der Waals surface area contributed by atoms with Crippen molar-refractivity contribution in [1.82, 2.24) is 10.2 Å². The zero-order chi connectivity index (χ0) is 27.8. The highest BCUT2D eigenvalue weighted by Crippen LogP contribution is 2.37. The van der Waals surface area contributed by atoms with Gasteiger partial charge in [0, 0.05) is 24.1 Å². The molecule has 1 aliphatic rings. The molecule has 3 unspecified atom stereocenters. The van der Waals surface area contributed by atoms with Crippen LogP contribution in [-0.2, 0) is 9.59 Å². The molecular formula is C24H28F3IN2O7. The monoisotopic (exact) mass is 640 g/mol. The third-order valence-electron chi connectivity index (χ3n) is 5.39. The zero-order valence-corrected chi connectivity index (χ0v) is 22.3. The summed E-state index contributed by atoms with van der Waals surface area (Å²) in [6.45, 7) is -0.439. The lowest BCUT2D eigenvalue weighted by molar-refractivity contribution is -0.169. The molecule has 3 N–H and O–H groups in total. The van der Waals surface area contributed by atoms with Crippen LogP contribution < -0.4 is 14.8 Å². The summed E-state index contributed by atoms with van der Waals surface area (Å²) in [4.78, 5) is 37.1. The molecule has 0 fully saturated rings. The minimum Gasteiger partial charge on any atom is -0.493 e. The lowest BCUT2D eigenvalue weighted by Gasteiger charge is -2.40. The highest BCUT2D eigenvalue weighted by Gasteiger charge is 2.44. The molecule has 0 radical (unpaired) electrons. The molecule has 0 saturated carbocycles. The summed E-state index contributed by atoms with van der Waals surface area (Å²) in [7, 11) is 1.32. The lowest BCUT2D eigenvalue weighted by Crippen LogP contribution is -2.56. The van der Waals surface area contributed by atoms with Crippen LogP contribution in [0.15, 0.2) is 35.9 Å². The number of halogens is 4. The minimum absolute atomic E-state index is 0.0355. The average molecular weight is 640 g/mol. The Morgan fingerprint density at radius 2 is 2.03 bits per heavy atom. The topological polar surface area (TPSA) is 125 Å². The van der Waals surface area contributed by atoms with Crippen molar-refractivity contribution in [3.63, 3.8) is 0 Å². The third kappa shape index (κ3) is 8.43. The number of aliphatic hydroxyl groups is 2. The van der Waals surface area contributed by atoms with E-state index in [-0.39, 0.29) is 35.8 Å². The maximum atomic E-state index is 13.5. The minimum atomic E-state index is -4.78. The molecule has 3 atom stereocenters. The van der Waals surface area contributed by atoms with E-state index < -0.39 is 49.2 Å². The lowest BCUT2D eigenvalue weighted by atomic mass is 9.88. The van der Waals surface area contributed by atoms with Gasteiger partial charge in [-0.25, -0.2) is 0 Å². The zero-order valence-electron chi connectivity index (χ0n) is 20.1. The van der Waals surface area contributed by atoms with Gasteiger partial charge in [0.05, 0.1) is 23.3 Å². The summed E-state index contributed by atoms with van der Waals surface area (Å²) in [5.74, 6) is -1.47. The summed E-state index contributed by atoms with van der Waals surface area (Å²) >= 11 is 1.87. The fraction of sp³-hybridized carbons (Fsp3) is 0.458. The number of amides is 2. The predicted molar refractivity (Wildman–Crippen MR) is 135 cm³/mol. The molecule has 204 valence electrons. The Kier molecular flexibility index (Phi) is 11.4. The number of ether oxygens (including phenoxy) is 2. The number of nitrogens with one attached hydrogen (secondary N) is 1. The SMILES string of the molecule is CCC=CC(=O)N(CC(F)(F)F)C1CC(C(=O)NCCO)=CC(Oc2c(I)cc(C=O)cc2OC)C1O. The van der Waals surface area contributed by atoms with Gasteiger partial charge in [-0.05, 0) is 53.3 Å². The van der Waals surface area contributed by atoms with E-state index in [0.29, 0.717) is 21.2 Å². The number of hydrogen-bond donors (Lipinski definition) is 3. The van der Waals surface area contributed by atoms with E-state index in [9.17, 15) is 32.7 Å². The first-order valence-corrected chi connectivity index (χ1v) is 12.3. The summed E-state index contributed by atoms with van der Waals surface area (Å²) in [6.07, 6.45) is -3.58. The van der Waals surface area contributed by atoms with Crippen molar-refractivity contribution in [3.05, 3.63) is 45.1 Å². The molecule has 1 aliphatic carbocycles. The summed E-state index contributed by atoms with van der Waals surface area (Å²) in [5, 5.41) is 22.6. The van der Waals surface area contributed by atoms with Crippen LogP contribution in [0.25, 0.3) is 0 Å². The molecular weight excluding hydrogens is 612 g/mol. The summed E-state index contributed by atoms with van der Waals surface area (Å²) in [6, 6.07) is 1.38. The van der Waals surface area contributed by atoms with Gasteiger partial charge in [-0.15, -0.1) is 0 Å². The number of allylic oxidation sites excluding steroid dienone is 1. The van der Waals surface area contributed by atoms with Gasteiger partial charge in [-0.2, -0.15) is 13.2 Å². The van der Waals surface area contributed by atoms with E-state index in [0.717, 1.165) is 6.08 Å². The normalized spacial score (nSPS) is 19.8. The van der Waals surface area contributed by atoms with Crippen LogP contribution in [0, 0.1) is 3.57 Å². The number of alkyl halides is 3. The smallest absolute Gasteiger partial charge is 0.406 e. The first-order valence-electron chi connectivity index (χ1n) is 11.3. The van der Waals surface area contributed by atoms with Crippen molar-refractivity contribution in [2.75, 3.05) is 26.8 Å². The van der Waals surface area contributed by atoms with E-state index >= 15 is 0 Å². The van der Waals surface area contributed by atoms with Gasteiger partial charge < -0.3 is 29.9 Å². The number of nitrogens with zero attached hydrogens (tertiary/aromatic N) is 1. The number of benzene rings is 1. The number of methoxy groups -OCH3 is 1. The fourth-order valence-electron chi connectivity index (χ4n) is 3.70. The molecule has 0 spiro atoms. The highest BCUT2D eigenvalue weighted by atomic mass is 127. The van der Waals surface area contributed by atoms with Crippen LogP contribution in [0.4, 0.5) is 13.2 Å². The van der Waals surface area contributed by atoms with Crippen molar-refractivity contribution in [2.45, 2.75) is 44.2 Å². The average Bonchev–Trinajstić information content (AvgIpc) is 2.85. The van der Waals surface area contributed by atoms with Crippen molar-refractivity contribution in [2.24, 2.45) is 0 Å². The molecule has 2 amide bonds. The van der Waals surface area contributed by atoms with E-state index in [1.807, 2.05) is 22.6 Å². The van der Waals surface area contributed by atoms with Gasteiger partial charge in [0.15, 0.2) is 11.5 Å². The molecule has 13 heteroatoms. The van der Waals surface area contributed by atoms with E-state index in [2.05, 4.69) is 5.32 Å². The fourth-order valence-corrected chi connectivity index (χ4v) is 4.46. The van der Waals surface area contributed by atoms with E-state index in [4.69, 9.17) is 14.6 Å². The largest absolute Gasteiger partial charge is 0.493 e. The molecule has 0 bridgehead atoms. The second kappa shape index (κ2) is 13.8. The second-order valence-corrected chi connectivity index (χ2v) is 9.22. The Labute approximate surface area is 225 Å². The first-order chi connectivity index (χ1) is 17.4. The number of aldehydes is 1. The number of carbonyl (C=O) groups excluding carboxylic acids is 3. The molecule has 1 aromatic rings. The molecule has 1 aromatic carbocycles. The highest BCUT2D eigenvalue weighted by molar-refractivity contribution is 14.1. The van der Waals surface area contributed by atoms with Crippen LogP contribution in [0.3, 0.4) is 0 Å². The Bertz CT molecular complexity index is 1050. The molecule has 0 saturated heterocycles. The van der Waals surface area contributed by atoms with Crippen molar-refractivity contribution in [1.29, 1.82) is 0 Å². The van der Waals surface area contributed by atoms with Gasteiger partial charge >= 0.3 is 6.18 Å². The van der Waals surface area contributed by atoms with Crippen LogP contribution in [0.5, 0.6) is 11.5 Å². The quantitative estimate of drug-likeness (QED) is 0.193.